The van der Waals surface area contributed by atoms with Crippen molar-refractivity contribution in [1.82, 2.24) is 10.2 Å². The molecule has 1 aliphatic heterocycles. The quantitative estimate of drug-likeness (QED) is 0.795. The Labute approximate surface area is 116 Å². The SMILES string of the molecule is CN1CCC[C@@H]2[C@H](NC(=O)OC(C)(C)C)CCC[C@@H]21. The van der Waals surface area contributed by atoms with Crippen molar-refractivity contribution in [3.05, 3.63) is 0 Å². The summed E-state index contributed by atoms with van der Waals surface area (Å²) in [5.41, 5.74) is -0.415. The van der Waals surface area contributed by atoms with Gasteiger partial charge >= 0.3 is 6.09 Å². The third kappa shape index (κ3) is 3.85. The van der Waals surface area contributed by atoms with E-state index in [0.29, 0.717) is 12.0 Å². The summed E-state index contributed by atoms with van der Waals surface area (Å²) in [6.07, 6.45) is 5.78. The Bertz CT molecular complexity index is 325. The van der Waals surface area contributed by atoms with Crippen molar-refractivity contribution in [2.75, 3.05) is 13.6 Å². The summed E-state index contributed by atoms with van der Waals surface area (Å²) >= 11 is 0. The monoisotopic (exact) mass is 268 g/mol. The largest absolute Gasteiger partial charge is 0.444 e. The number of piperidine rings is 1. The van der Waals surface area contributed by atoms with E-state index in [1.165, 1.54) is 32.2 Å². The van der Waals surface area contributed by atoms with Gasteiger partial charge in [-0.25, -0.2) is 4.79 Å². The van der Waals surface area contributed by atoms with Crippen LogP contribution in [0.4, 0.5) is 4.79 Å². The average molecular weight is 268 g/mol. The number of carbonyl (C=O) groups excluding carboxylic acids is 1. The van der Waals surface area contributed by atoms with Crippen LogP contribution in [-0.4, -0.2) is 42.3 Å². The van der Waals surface area contributed by atoms with E-state index in [9.17, 15) is 4.79 Å². The number of hydrogen-bond donors (Lipinski definition) is 1. The summed E-state index contributed by atoms with van der Waals surface area (Å²) in [6, 6.07) is 0.929. The van der Waals surface area contributed by atoms with Crippen LogP contribution < -0.4 is 5.32 Å². The fourth-order valence-electron chi connectivity index (χ4n) is 3.56. The Morgan fingerprint density at radius 2 is 1.95 bits per heavy atom. The second-order valence-corrected chi connectivity index (χ2v) is 7.04. The summed E-state index contributed by atoms with van der Waals surface area (Å²) in [5, 5.41) is 3.11. The summed E-state index contributed by atoms with van der Waals surface area (Å²) < 4.78 is 5.38. The van der Waals surface area contributed by atoms with E-state index in [1.54, 1.807) is 0 Å². The van der Waals surface area contributed by atoms with Gasteiger partial charge in [-0.2, -0.15) is 0 Å². The van der Waals surface area contributed by atoms with Crippen molar-refractivity contribution in [2.45, 2.75) is 70.6 Å². The summed E-state index contributed by atoms with van der Waals surface area (Å²) in [5.74, 6) is 0.597. The molecule has 0 aromatic heterocycles. The van der Waals surface area contributed by atoms with Gasteiger partial charge in [-0.3, -0.25) is 0 Å². The fourth-order valence-corrected chi connectivity index (χ4v) is 3.56. The number of nitrogens with zero attached hydrogens (tertiary/aromatic N) is 1. The van der Waals surface area contributed by atoms with Gasteiger partial charge in [-0.1, -0.05) is 0 Å². The lowest BCUT2D eigenvalue weighted by Crippen LogP contribution is -2.55. The number of likely N-dealkylation sites (tertiary alicyclic amines) is 1. The molecule has 0 unspecified atom stereocenters. The maximum Gasteiger partial charge on any atom is 0.407 e. The van der Waals surface area contributed by atoms with E-state index >= 15 is 0 Å². The van der Waals surface area contributed by atoms with E-state index in [1.807, 2.05) is 20.8 Å². The second kappa shape index (κ2) is 5.70. The molecule has 110 valence electrons. The van der Waals surface area contributed by atoms with E-state index < -0.39 is 5.60 Å². The number of hydrogen-bond acceptors (Lipinski definition) is 3. The van der Waals surface area contributed by atoms with Crippen LogP contribution in [0.15, 0.2) is 0 Å². The molecule has 0 bridgehead atoms. The van der Waals surface area contributed by atoms with Crippen LogP contribution in [-0.2, 0) is 4.74 Å². The molecule has 1 amide bonds. The highest BCUT2D eigenvalue weighted by molar-refractivity contribution is 5.68. The minimum atomic E-state index is -0.415. The number of ether oxygens (including phenoxy) is 1. The molecule has 3 atom stereocenters. The first-order valence-corrected chi connectivity index (χ1v) is 7.56. The van der Waals surface area contributed by atoms with Gasteiger partial charge < -0.3 is 15.0 Å². The van der Waals surface area contributed by atoms with Crippen molar-refractivity contribution in [1.29, 1.82) is 0 Å². The van der Waals surface area contributed by atoms with Gasteiger partial charge in [0.1, 0.15) is 5.60 Å². The molecule has 1 saturated carbocycles. The van der Waals surface area contributed by atoms with Crippen LogP contribution in [0.2, 0.25) is 0 Å². The van der Waals surface area contributed by atoms with Gasteiger partial charge in [-0.05, 0) is 72.4 Å². The number of fused-ring (bicyclic) bond motifs is 1. The van der Waals surface area contributed by atoms with Gasteiger partial charge in [-0.15, -0.1) is 0 Å². The van der Waals surface area contributed by atoms with Gasteiger partial charge in [0.15, 0.2) is 0 Å². The molecular formula is C15H28N2O2. The molecule has 0 aromatic carbocycles. The molecule has 4 heteroatoms. The van der Waals surface area contributed by atoms with Crippen LogP contribution in [0.5, 0.6) is 0 Å². The number of carbonyl (C=O) groups is 1. The number of rotatable bonds is 1. The summed E-state index contributed by atoms with van der Waals surface area (Å²) in [4.78, 5) is 14.4. The maximum atomic E-state index is 11.9. The molecule has 2 rings (SSSR count). The van der Waals surface area contributed by atoms with Crippen molar-refractivity contribution >= 4 is 6.09 Å². The summed E-state index contributed by atoms with van der Waals surface area (Å²) in [7, 11) is 2.21. The lowest BCUT2D eigenvalue weighted by atomic mass is 9.75. The minimum Gasteiger partial charge on any atom is -0.444 e. The van der Waals surface area contributed by atoms with Crippen molar-refractivity contribution in [3.63, 3.8) is 0 Å². The van der Waals surface area contributed by atoms with E-state index in [0.717, 1.165) is 6.42 Å². The van der Waals surface area contributed by atoms with Crippen molar-refractivity contribution < 1.29 is 9.53 Å². The number of nitrogens with one attached hydrogen (secondary N) is 1. The standard InChI is InChI=1S/C15H28N2O2/c1-15(2,3)19-14(18)16-12-8-5-9-13-11(12)7-6-10-17(13)4/h11-13H,5-10H2,1-4H3,(H,16,18)/t11-,12-,13+/m1/s1. The third-order valence-corrected chi connectivity index (χ3v) is 4.34. The second-order valence-electron chi connectivity index (χ2n) is 7.04. The molecule has 0 radical (unpaired) electrons. The molecule has 2 fully saturated rings. The van der Waals surface area contributed by atoms with Crippen LogP contribution in [0.1, 0.15) is 52.9 Å². The van der Waals surface area contributed by atoms with Crippen LogP contribution >= 0.6 is 0 Å². The molecule has 0 aromatic rings. The highest BCUT2D eigenvalue weighted by Crippen LogP contribution is 2.34. The van der Waals surface area contributed by atoms with Gasteiger partial charge in [0.2, 0.25) is 0 Å². The Hall–Kier alpha value is -0.770. The molecule has 19 heavy (non-hydrogen) atoms. The van der Waals surface area contributed by atoms with E-state index in [4.69, 9.17) is 4.74 Å². The van der Waals surface area contributed by atoms with Crippen molar-refractivity contribution in [3.8, 4) is 0 Å². The molecule has 1 heterocycles. The van der Waals surface area contributed by atoms with Gasteiger partial charge in [0, 0.05) is 12.1 Å². The first kappa shape index (κ1) is 14.6. The predicted octanol–water partition coefficient (Wildman–Crippen LogP) is 2.77. The first-order valence-electron chi connectivity index (χ1n) is 7.56. The molecule has 1 saturated heterocycles. The Balaban J connectivity index is 1.94. The van der Waals surface area contributed by atoms with Gasteiger partial charge in [0.05, 0.1) is 0 Å². The van der Waals surface area contributed by atoms with Gasteiger partial charge in [0.25, 0.3) is 0 Å². The highest BCUT2D eigenvalue weighted by atomic mass is 16.6. The lowest BCUT2D eigenvalue weighted by Gasteiger charge is -2.46. The third-order valence-electron chi connectivity index (χ3n) is 4.34. The average Bonchev–Trinajstić information content (AvgIpc) is 2.28. The first-order chi connectivity index (χ1) is 8.87. The van der Waals surface area contributed by atoms with E-state index in [-0.39, 0.29) is 12.1 Å². The smallest absolute Gasteiger partial charge is 0.407 e. The molecule has 1 N–H and O–H groups in total. The molecule has 1 aliphatic carbocycles. The normalized spacial score (nSPS) is 32.5. The zero-order valence-electron chi connectivity index (χ0n) is 12.7. The zero-order valence-corrected chi connectivity index (χ0v) is 12.7. The minimum absolute atomic E-state index is 0.258. The van der Waals surface area contributed by atoms with Crippen LogP contribution in [0.3, 0.4) is 0 Å². The summed E-state index contributed by atoms with van der Waals surface area (Å²) in [6.45, 7) is 6.92. The molecular weight excluding hydrogens is 240 g/mol. The molecule has 4 nitrogen and oxygen atoms in total. The highest BCUT2D eigenvalue weighted by Gasteiger charge is 2.38. The zero-order chi connectivity index (χ0) is 14.0. The molecule has 2 aliphatic rings. The topological polar surface area (TPSA) is 41.6 Å². The Morgan fingerprint density at radius 1 is 1.21 bits per heavy atom. The predicted molar refractivity (Wildman–Crippen MR) is 76.2 cm³/mol. The van der Waals surface area contributed by atoms with Crippen molar-refractivity contribution in [2.24, 2.45) is 5.92 Å². The lowest BCUT2D eigenvalue weighted by molar-refractivity contribution is 0.0308. The van der Waals surface area contributed by atoms with Crippen LogP contribution in [0, 0.1) is 5.92 Å². The van der Waals surface area contributed by atoms with E-state index in [2.05, 4.69) is 17.3 Å². The number of alkyl carbamates (subject to hydrolysis) is 1. The Morgan fingerprint density at radius 3 is 2.63 bits per heavy atom. The fraction of sp³-hybridized carbons (Fsp3) is 0.933. The van der Waals surface area contributed by atoms with Crippen LogP contribution in [0.25, 0.3) is 0 Å². The molecule has 0 spiro atoms. The maximum absolute atomic E-state index is 11.9. The Kier molecular flexibility index (Phi) is 4.39. The number of amides is 1.